The van der Waals surface area contributed by atoms with Crippen molar-refractivity contribution in [3.8, 4) is 0 Å². The number of aliphatic imine (C=N–C) groups is 4. The average molecular weight is 626 g/mol. The van der Waals surface area contributed by atoms with Gasteiger partial charge >= 0.3 is 0 Å². The SMILES string of the molecule is Clc1ccccc1C1(C2(c3ccncc3)N=C(c3ccccc3)C(c3ccccc3)=N2)N=C(c2ccccc2)C(c2ccccc2)=N1. The van der Waals surface area contributed by atoms with Gasteiger partial charge in [-0.3, -0.25) is 4.98 Å². The molecule has 6 heteroatoms. The Bertz CT molecular complexity index is 2070. The summed E-state index contributed by atoms with van der Waals surface area (Å²) < 4.78 is 0. The number of hydrogen-bond acceptors (Lipinski definition) is 5. The van der Waals surface area contributed by atoms with Gasteiger partial charge in [0.15, 0.2) is 0 Å². The quantitative estimate of drug-likeness (QED) is 0.175. The third-order valence-electron chi connectivity index (χ3n) is 8.55. The van der Waals surface area contributed by atoms with Gasteiger partial charge < -0.3 is 0 Å². The van der Waals surface area contributed by atoms with Gasteiger partial charge in [0.2, 0.25) is 11.3 Å². The summed E-state index contributed by atoms with van der Waals surface area (Å²) >= 11 is 7.17. The van der Waals surface area contributed by atoms with Crippen LogP contribution in [0.2, 0.25) is 5.02 Å². The maximum atomic E-state index is 7.17. The van der Waals surface area contributed by atoms with E-state index in [1.165, 1.54) is 0 Å². The van der Waals surface area contributed by atoms with Crippen LogP contribution in [0.25, 0.3) is 0 Å². The van der Waals surface area contributed by atoms with E-state index in [-0.39, 0.29) is 0 Å². The van der Waals surface area contributed by atoms with Gasteiger partial charge in [0.1, 0.15) is 0 Å². The molecule has 0 atom stereocenters. The molecule has 5 aromatic carbocycles. The molecular formula is C41H28ClN5. The van der Waals surface area contributed by atoms with Crippen LogP contribution >= 0.6 is 11.6 Å². The minimum absolute atomic E-state index is 0.523. The Kier molecular flexibility index (Phi) is 7.24. The largest absolute Gasteiger partial charge is 0.265 e. The van der Waals surface area contributed by atoms with Crippen LogP contribution in [0.1, 0.15) is 33.4 Å². The zero-order valence-corrected chi connectivity index (χ0v) is 26.0. The molecule has 224 valence electrons. The van der Waals surface area contributed by atoms with Gasteiger partial charge in [-0.2, -0.15) is 0 Å². The molecule has 0 saturated heterocycles. The lowest BCUT2D eigenvalue weighted by atomic mass is 9.82. The zero-order chi connectivity index (χ0) is 31.7. The van der Waals surface area contributed by atoms with Gasteiger partial charge in [0.25, 0.3) is 0 Å². The molecule has 2 aliphatic heterocycles. The monoisotopic (exact) mass is 625 g/mol. The molecule has 3 heterocycles. The molecule has 0 amide bonds. The molecule has 0 radical (unpaired) electrons. The van der Waals surface area contributed by atoms with Gasteiger partial charge in [-0.1, -0.05) is 151 Å². The second kappa shape index (κ2) is 11.9. The molecule has 5 nitrogen and oxygen atoms in total. The fourth-order valence-electron chi connectivity index (χ4n) is 6.38. The summed E-state index contributed by atoms with van der Waals surface area (Å²) in [6.45, 7) is 0. The first-order valence-corrected chi connectivity index (χ1v) is 15.8. The van der Waals surface area contributed by atoms with Gasteiger partial charge in [0, 0.05) is 50.8 Å². The smallest absolute Gasteiger partial charge is 0.227 e. The van der Waals surface area contributed by atoms with Crippen LogP contribution in [0, 0.1) is 0 Å². The van der Waals surface area contributed by atoms with E-state index in [0.29, 0.717) is 10.6 Å². The third kappa shape index (κ3) is 4.84. The molecule has 8 rings (SSSR count). The number of pyridine rings is 1. The first kappa shape index (κ1) is 28.7. The van der Waals surface area contributed by atoms with Crippen LogP contribution in [0.4, 0.5) is 0 Å². The molecule has 0 spiro atoms. The Morgan fingerprint density at radius 3 is 1.09 bits per heavy atom. The van der Waals surface area contributed by atoms with Crippen molar-refractivity contribution in [3.63, 3.8) is 0 Å². The first-order chi connectivity index (χ1) is 23.2. The van der Waals surface area contributed by atoms with Crippen molar-refractivity contribution in [3.05, 3.63) is 209 Å². The van der Waals surface area contributed by atoms with Crippen LogP contribution in [-0.2, 0) is 11.3 Å². The van der Waals surface area contributed by atoms with E-state index in [2.05, 4.69) is 53.5 Å². The third-order valence-corrected chi connectivity index (χ3v) is 8.88. The fourth-order valence-corrected chi connectivity index (χ4v) is 6.64. The molecule has 0 bridgehead atoms. The van der Waals surface area contributed by atoms with Crippen LogP contribution in [0.3, 0.4) is 0 Å². The molecule has 1 aromatic heterocycles. The number of benzene rings is 5. The highest BCUT2D eigenvalue weighted by molar-refractivity contribution is 6.56. The molecule has 47 heavy (non-hydrogen) atoms. The molecular weight excluding hydrogens is 598 g/mol. The van der Waals surface area contributed by atoms with Crippen LogP contribution in [0.15, 0.2) is 190 Å². The second-order valence-corrected chi connectivity index (χ2v) is 11.8. The van der Waals surface area contributed by atoms with Gasteiger partial charge in [-0.05, 0) is 18.2 Å². The summed E-state index contributed by atoms with van der Waals surface area (Å²) in [4.78, 5) is 27.0. The van der Waals surface area contributed by atoms with Crippen molar-refractivity contribution in [2.75, 3.05) is 0 Å². The van der Waals surface area contributed by atoms with Crippen LogP contribution in [-0.4, -0.2) is 27.8 Å². The van der Waals surface area contributed by atoms with E-state index in [9.17, 15) is 0 Å². The summed E-state index contributed by atoms with van der Waals surface area (Å²) in [6.07, 6.45) is 3.54. The highest BCUT2D eigenvalue weighted by Gasteiger charge is 2.61. The number of aromatic nitrogens is 1. The summed E-state index contributed by atoms with van der Waals surface area (Å²) in [5.74, 6) is 0. The highest BCUT2D eigenvalue weighted by atomic mass is 35.5. The average Bonchev–Trinajstić information content (AvgIpc) is 3.76. The van der Waals surface area contributed by atoms with Crippen molar-refractivity contribution >= 4 is 34.4 Å². The van der Waals surface area contributed by atoms with Crippen LogP contribution < -0.4 is 0 Å². The molecule has 0 unspecified atom stereocenters. The highest BCUT2D eigenvalue weighted by Crippen LogP contribution is 2.55. The van der Waals surface area contributed by atoms with E-state index in [1.54, 1.807) is 12.4 Å². The molecule has 0 aliphatic carbocycles. The van der Waals surface area contributed by atoms with Crippen molar-refractivity contribution in [1.29, 1.82) is 0 Å². The first-order valence-electron chi connectivity index (χ1n) is 15.5. The molecule has 0 saturated carbocycles. The molecule has 6 aromatic rings. The maximum Gasteiger partial charge on any atom is 0.227 e. The van der Waals surface area contributed by atoms with Crippen molar-refractivity contribution in [2.45, 2.75) is 11.3 Å². The van der Waals surface area contributed by atoms with E-state index in [4.69, 9.17) is 31.6 Å². The topological polar surface area (TPSA) is 62.3 Å². The lowest BCUT2D eigenvalue weighted by Crippen LogP contribution is -2.43. The van der Waals surface area contributed by atoms with E-state index in [0.717, 1.165) is 50.7 Å². The summed E-state index contributed by atoms with van der Waals surface area (Å²) in [5.41, 5.74) is 5.41. The zero-order valence-electron chi connectivity index (χ0n) is 25.3. The summed E-state index contributed by atoms with van der Waals surface area (Å²) in [5, 5.41) is 0.523. The number of hydrogen-bond donors (Lipinski definition) is 0. The Hall–Kier alpha value is -5.78. The maximum absolute atomic E-state index is 7.17. The van der Waals surface area contributed by atoms with E-state index in [1.807, 2.05) is 109 Å². The fraction of sp³-hybridized carbons (Fsp3) is 0.0488. The molecule has 2 aliphatic rings. The normalized spacial score (nSPS) is 16.2. The predicted molar refractivity (Wildman–Crippen MR) is 191 cm³/mol. The van der Waals surface area contributed by atoms with Crippen molar-refractivity contribution in [1.82, 2.24) is 4.98 Å². The van der Waals surface area contributed by atoms with Crippen molar-refractivity contribution in [2.24, 2.45) is 20.0 Å². The Morgan fingerprint density at radius 1 is 0.362 bits per heavy atom. The van der Waals surface area contributed by atoms with Crippen molar-refractivity contribution < 1.29 is 0 Å². The standard InChI is InChI=1S/C41H28ClN5/c42-35-24-14-13-23-34(35)41(46-38(31-19-9-3-10-20-31)39(47-41)32-21-11-4-12-22-32)40(33-25-27-43-28-26-33)44-36(29-15-5-1-6-16-29)37(45-40)30-17-7-2-8-18-30/h1-28H. The number of nitrogens with zero attached hydrogens (tertiary/aromatic N) is 5. The summed E-state index contributed by atoms with van der Waals surface area (Å²) in [7, 11) is 0. The second-order valence-electron chi connectivity index (χ2n) is 11.4. The Labute approximate surface area is 278 Å². The molecule has 0 fully saturated rings. The Morgan fingerprint density at radius 2 is 0.702 bits per heavy atom. The van der Waals surface area contributed by atoms with E-state index < -0.39 is 11.3 Å². The minimum Gasteiger partial charge on any atom is -0.265 e. The minimum atomic E-state index is -1.43. The Balaban J connectivity index is 1.54. The van der Waals surface area contributed by atoms with Crippen LogP contribution in [0.5, 0.6) is 0 Å². The van der Waals surface area contributed by atoms with E-state index >= 15 is 0 Å². The lowest BCUT2D eigenvalue weighted by molar-refractivity contribution is 0.257. The number of rotatable bonds is 7. The van der Waals surface area contributed by atoms with Gasteiger partial charge in [-0.15, -0.1) is 0 Å². The predicted octanol–water partition coefficient (Wildman–Crippen LogP) is 8.73. The number of halogens is 1. The molecule has 0 N–H and O–H groups in total. The van der Waals surface area contributed by atoms with Gasteiger partial charge in [0.05, 0.1) is 22.8 Å². The van der Waals surface area contributed by atoms with Gasteiger partial charge in [-0.25, -0.2) is 20.0 Å². The summed E-state index contributed by atoms with van der Waals surface area (Å²) in [6, 6.07) is 52.3. The lowest BCUT2D eigenvalue weighted by Gasteiger charge is -2.38.